The Morgan fingerprint density at radius 3 is 2.84 bits per heavy atom. The fraction of sp³-hybridized carbons (Fsp3) is 0.583. The standard InChI is InChI=1S/C12H17N3O4/c1-3-19-9-4-7(11(9)18-2)15-10-6-13-8(5-14-10)12(16)17/h5-7,9,11H,3-4H2,1-2H3,(H,14,15)(H,16,17). The maximum Gasteiger partial charge on any atom is 0.356 e. The Bertz CT molecular complexity index is 437. The van der Waals surface area contributed by atoms with Gasteiger partial charge in [-0.25, -0.2) is 14.8 Å². The number of carboxylic acid groups (broad SMARTS) is 1. The maximum atomic E-state index is 10.7. The number of aromatic nitrogens is 2. The highest BCUT2D eigenvalue weighted by atomic mass is 16.5. The molecule has 1 heterocycles. The molecule has 1 saturated carbocycles. The van der Waals surface area contributed by atoms with Crippen LogP contribution in [0.5, 0.6) is 0 Å². The topological polar surface area (TPSA) is 93.6 Å². The van der Waals surface area contributed by atoms with Crippen LogP contribution in [0.4, 0.5) is 5.82 Å². The van der Waals surface area contributed by atoms with Crippen LogP contribution in [0.15, 0.2) is 12.4 Å². The number of methoxy groups -OCH3 is 1. The molecule has 2 N–H and O–H groups in total. The molecule has 1 aliphatic carbocycles. The summed E-state index contributed by atoms with van der Waals surface area (Å²) in [5, 5.41) is 11.9. The lowest BCUT2D eigenvalue weighted by atomic mass is 9.85. The van der Waals surface area contributed by atoms with E-state index in [-0.39, 0.29) is 23.9 Å². The second-order valence-corrected chi connectivity index (χ2v) is 4.27. The van der Waals surface area contributed by atoms with Crippen molar-refractivity contribution in [2.75, 3.05) is 19.0 Å². The van der Waals surface area contributed by atoms with Gasteiger partial charge in [-0.05, 0) is 13.3 Å². The van der Waals surface area contributed by atoms with Gasteiger partial charge in [0.05, 0.1) is 24.5 Å². The molecule has 7 nitrogen and oxygen atoms in total. The van der Waals surface area contributed by atoms with E-state index in [0.29, 0.717) is 12.4 Å². The summed E-state index contributed by atoms with van der Waals surface area (Å²) in [6.07, 6.45) is 3.53. The first-order chi connectivity index (χ1) is 9.15. The number of nitrogens with zero attached hydrogens (tertiary/aromatic N) is 2. The van der Waals surface area contributed by atoms with Gasteiger partial charge in [0.15, 0.2) is 5.69 Å². The maximum absolute atomic E-state index is 10.7. The molecule has 0 amide bonds. The Morgan fingerprint density at radius 2 is 2.32 bits per heavy atom. The molecule has 1 aromatic rings. The third-order valence-corrected chi connectivity index (χ3v) is 3.11. The SMILES string of the molecule is CCOC1CC(Nc2cnc(C(=O)O)cn2)C1OC. The molecule has 1 fully saturated rings. The van der Waals surface area contributed by atoms with Crippen molar-refractivity contribution in [3.63, 3.8) is 0 Å². The van der Waals surface area contributed by atoms with Gasteiger partial charge in [-0.15, -0.1) is 0 Å². The Kier molecular flexibility index (Phi) is 4.28. The second kappa shape index (κ2) is 5.94. The molecule has 3 unspecified atom stereocenters. The highest BCUT2D eigenvalue weighted by molar-refractivity contribution is 5.84. The minimum absolute atomic E-state index is 0.0269. The van der Waals surface area contributed by atoms with Crippen LogP contribution in [0.1, 0.15) is 23.8 Å². The molecule has 2 rings (SSSR count). The second-order valence-electron chi connectivity index (χ2n) is 4.27. The van der Waals surface area contributed by atoms with E-state index in [9.17, 15) is 4.79 Å². The zero-order valence-corrected chi connectivity index (χ0v) is 10.9. The first-order valence-corrected chi connectivity index (χ1v) is 6.12. The van der Waals surface area contributed by atoms with Crippen LogP contribution in [0, 0.1) is 0 Å². The van der Waals surface area contributed by atoms with Gasteiger partial charge in [-0.3, -0.25) is 0 Å². The quantitative estimate of drug-likeness (QED) is 0.786. The molecule has 0 spiro atoms. The van der Waals surface area contributed by atoms with E-state index < -0.39 is 5.97 Å². The molecule has 0 aliphatic heterocycles. The predicted molar refractivity (Wildman–Crippen MR) is 67.2 cm³/mol. The number of aromatic carboxylic acids is 1. The number of hydrogen-bond donors (Lipinski definition) is 2. The lowest BCUT2D eigenvalue weighted by molar-refractivity contribution is -0.118. The molecule has 104 valence electrons. The first-order valence-electron chi connectivity index (χ1n) is 6.12. The minimum Gasteiger partial charge on any atom is -0.476 e. The van der Waals surface area contributed by atoms with E-state index in [2.05, 4.69) is 15.3 Å². The molecule has 0 aromatic carbocycles. The van der Waals surface area contributed by atoms with E-state index in [1.807, 2.05) is 6.92 Å². The van der Waals surface area contributed by atoms with Crippen molar-refractivity contribution in [3.05, 3.63) is 18.1 Å². The normalized spacial score (nSPS) is 25.7. The van der Waals surface area contributed by atoms with Crippen molar-refractivity contribution in [3.8, 4) is 0 Å². The number of anilines is 1. The van der Waals surface area contributed by atoms with E-state index in [1.54, 1.807) is 7.11 Å². The van der Waals surface area contributed by atoms with Crippen molar-refractivity contribution in [2.24, 2.45) is 0 Å². The smallest absolute Gasteiger partial charge is 0.356 e. The first kappa shape index (κ1) is 13.7. The van der Waals surface area contributed by atoms with Crippen molar-refractivity contribution < 1.29 is 19.4 Å². The third kappa shape index (κ3) is 2.99. The molecule has 1 aromatic heterocycles. The van der Waals surface area contributed by atoms with Crippen LogP contribution in [0.2, 0.25) is 0 Å². The molecule has 0 bridgehead atoms. The van der Waals surface area contributed by atoms with Gasteiger partial charge in [0.2, 0.25) is 0 Å². The average molecular weight is 267 g/mol. The van der Waals surface area contributed by atoms with Gasteiger partial charge in [0, 0.05) is 13.7 Å². The number of carbonyl (C=O) groups is 1. The molecule has 7 heteroatoms. The van der Waals surface area contributed by atoms with Gasteiger partial charge < -0.3 is 19.9 Å². The number of rotatable bonds is 6. The van der Waals surface area contributed by atoms with Crippen molar-refractivity contribution in [2.45, 2.75) is 31.6 Å². The summed E-state index contributed by atoms with van der Waals surface area (Å²) in [6, 6.07) is 0.103. The lowest BCUT2D eigenvalue weighted by Gasteiger charge is -2.43. The Balaban J connectivity index is 1.93. The fourth-order valence-electron chi connectivity index (χ4n) is 2.12. The number of carboxylic acids is 1. The van der Waals surface area contributed by atoms with Gasteiger partial charge in [-0.1, -0.05) is 0 Å². The summed E-state index contributed by atoms with van der Waals surface area (Å²) in [5.74, 6) is -0.555. The van der Waals surface area contributed by atoms with Crippen LogP contribution in [0.3, 0.4) is 0 Å². The summed E-state index contributed by atoms with van der Waals surface area (Å²) >= 11 is 0. The molecule has 0 radical (unpaired) electrons. The van der Waals surface area contributed by atoms with Gasteiger partial charge >= 0.3 is 5.97 Å². The summed E-state index contributed by atoms with van der Waals surface area (Å²) in [5.41, 5.74) is -0.0744. The summed E-state index contributed by atoms with van der Waals surface area (Å²) in [4.78, 5) is 18.5. The van der Waals surface area contributed by atoms with Crippen LogP contribution >= 0.6 is 0 Å². The minimum atomic E-state index is -1.09. The lowest BCUT2D eigenvalue weighted by Crippen LogP contribution is -2.56. The van der Waals surface area contributed by atoms with E-state index >= 15 is 0 Å². The highest BCUT2D eigenvalue weighted by Gasteiger charge is 2.42. The Labute approximate surface area is 111 Å². The van der Waals surface area contributed by atoms with Gasteiger partial charge in [0.1, 0.15) is 11.9 Å². The molecular formula is C12H17N3O4. The summed E-state index contributed by atoms with van der Waals surface area (Å²) in [6.45, 7) is 2.61. The van der Waals surface area contributed by atoms with E-state index in [4.69, 9.17) is 14.6 Å². The van der Waals surface area contributed by atoms with Crippen molar-refractivity contribution in [1.82, 2.24) is 9.97 Å². The monoisotopic (exact) mass is 267 g/mol. The van der Waals surface area contributed by atoms with Crippen molar-refractivity contribution in [1.29, 1.82) is 0 Å². The van der Waals surface area contributed by atoms with Crippen LogP contribution in [0.25, 0.3) is 0 Å². The van der Waals surface area contributed by atoms with Crippen LogP contribution < -0.4 is 5.32 Å². The Hall–Kier alpha value is -1.73. The third-order valence-electron chi connectivity index (χ3n) is 3.11. The van der Waals surface area contributed by atoms with Crippen LogP contribution in [-0.2, 0) is 9.47 Å². The zero-order chi connectivity index (χ0) is 13.8. The highest BCUT2D eigenvalue weighted by Crippen LogP contribution is 2.29. The van der Waals surface area contributed by atoms with Gasteiger partial charge in [-0.2, -0.15) is 0 Å². The largest absolute Gasteiger partial charge is 0.476 e. The van der Waals surface area contributed by atoms with Crippen LogP contribution in [-0.4, -0.2) is 53.0 Å². The molecule has 19 heavy (non-hydrogen) atoms. The molecular weight excluding hydrogens is 250 g/mol. The summed E-state index contributed by atoms with van der Waals surface area (Å²) < 4.78 is 10.9. The van der Waals surface area contributed by atoms with Crippen molar-refractivity contribution >= 4 is 11.8 Å². The fourth-order valence-corrected chi connectivity index (χ4v) is 2.12. The molecule has 1 aliphatic rings. The number of nitrogens with one attached hydrogen (secondary N) is 1. The Morgan fingerprint density at radius 1 is 1.53 bits per heavy atom. The summed E-state index contributed by atoms with van der Waals surface area (Å²) in [7, 11) is 1.64. The number of ether oxygens (including phenoxy) is 2. The average Bonchev–Trinajstić information content (AvgIpc) is 2.38. The van der Waals surface area contributed by atoms with E-state index in [0.717, 1.165) is 6.42 Å². The predicted octanol–water partition coefficient (Wildman–Crippen LogP) is 0.779. The zero-order valence-electron chi connectivity index (χ0n) is 10.9. The molecule has 0 saturated heterocycles. The molecule has 3 atom stereocenters. The van der Waals surface area contributed by atoms with Gasteiger partial charge in [0.25, 0.3) is 0 Å². The number of hydrogen-bond acceptors (Lipinski definition) is 6. The van der Waals surface area contributed by atoms with E-state index in [1.165, 1.54) is 12.4 Å².